The highest BCUT2D eigenvalue weighted by Gasteiger charge is 2.18. The molecule has 0 heterocycles. The molecule has 0 spiro atoms. The van der Waals surface area contributed by atoms with Crippen LogP contribution in [0.4, 0.5) is 0 Å². The summed E-state index contributed by atoms with van der Waals surface area (Å²) in [4.78, 5) is 20.6. The molecule has 30 heavy (non-hydrogen) atoms. The maximum absolute atomic E-state index is 11.2. The number of carbonyl (C=O) groups is 1. The van der Waals surface area contributed by atoms with Crippen molar-refractivity contribution in [2.75, 3.05) is 7.11 Å². The summed E-state index contributed by atoms with van der Waals surface area (Å²) >= 11 is 0. The number of hydrogen-bond donors (Lipinski definition) is 0. The van der Waals surface area contributed by atoms with Gasteiger partial charge in [0.25, 0.3) is 0 Å². The SMILES string of the molecule is C=C(/N=C\C(CCCC)=N/Cc1ccc(C(C)(C)C=O)cc1)c1ccc(OC)cc1. The third-order valence-corrected chi connectivity index (χ3v) is 5.04. The lowest BCUT2D eigenvalue weighted by atomic mass is 9.86. The molecule has 0 amide bonds. The third-order valence-electron chi connectivity index (χ3n) is 5.04. The Morgan fingerprint density at radius 1 is 1.10 bits per heavy atom. The number of carbonyl (C=O) groups excluding carboxylic acids is 1. The van der Waals surface area contributed by atoms with E-state index in [-0.39, 0.29) is 0 Å². The average molecular weight is 405 g/mol. The molecule has 0 saturated heterocycles. The molecule has 0 atom stereocenters. The van der Waals surface area contributed by atoms with Crippen molar-refractivity contribution in [3.63, 3.8) is 0 Å². The highest BCUT2D eigenvalue weighted by molar-refractivity contribution is 6.31. The summed E-state index contributed by atoms with van der Waals surface area (Å²) in [7, 11) is 1.65. The maximum atomic E-state index is 11.2. The van der Waals surface area contributed by atoms with Gasteiger partial charge >= 0.3 is 0 Å². The zero-order valence-corrected chi connectivity index (χ0v) is 18.5. The number of benzene rings is 2. The number of aliphatic imine (C=N–C) groups is 2. The Kier molecular flexibility index (Phi) is 8.72. The summed E-state index contributed by atoms with van der Waals surface area (Å²) in [6, 6.07) is 15.8. The largest absolute Gasteiger partial charge is 0.497 e. The van der Waals surface area contributed by atoms with Gasteiger partial charge in [0.2, 0.25) is 0 Å². The minimum atomic E-state index is -0.470. The molecule has 0 fully saturated rings. The van der Waals surface area contributed by atoms with Crippen LogP contribution in [-0.4, -0.2) is 25.3 Å². The Hall–Kier alpha value is -3.01. The lowest BCUT2D eigenvalue weighted by Crippen LogP contribution is -2.18. The van der Waals surface area contributed by atoms with Crippen LogP contribution >= 0.6 is 0 Å². The molecule has 0 radical (unpaired) electrons. The zero-order valence-electron chi connectivity index (χ0n) is 18.5. The molecule has 0 aliphatic heterocycles. The van der Waals surface area contributed by atoms with Gasteiger partial charge in [-0.25, -0.2) is 0 Å². The summed E-state index contributed by atoms with van der Waals surface area (Å²) in [5, 5.41) is 0. The first-order valence-electron chi connectivity index (χ1n) is 10.4. The Bertz CT molecular complexity index is 892. The molecule has 4 heteroatoms. The summed E-state index contributed by atoms with van der Waals surface area (Å²) in [5.74, 6) is 0.809. The minimum absolute atomic E-state index is 0.470. The van der Waals surface area contributed by atoms with Crippen molar-refractivity contribution >= 4 is 23.9 Å². The number of methoxy groups -OCH3 is 1. The smallest absolute Gasteiger partial charge is 0.129 e. The van der Waals surface area contributed by atoms with Crippen molar-refractivity contribution in [2.24, 2.45) is 9.98 Å². The maximum Gasteiger partial charge on any atom is 0.129 e. The van der Waals surface area contributed by atoms with E-state index in [4.69, 9.17) is 9.73 Å². The molecule has 0 N–H and O–H groups in total. The van der Waals surface area contributed by atoms with Gasteiger partial charge < -0.3 is 9.53 Å². The molecule has 0 aliphatic carbocycles. The average Bonchev–Trinajstić information content (AvgIpc) is 2.78. The molecule has 0 bridgehead atoms. The monoisotopic (exact) mass is 404 g/mol. The Labute approximate surface area is 180 Å². The fourth-order valence-corrected chi connectivity index (χ4v) is 2.85. The number of rotatable bonds is 11. The first kappa shape index (κ1) is 23.3. The van der Waals surface area contributed by atoms with Gasteiger partial charge in [-0.1, -0.05) is 44.2 Å². The molecule has 0 aromatic heterocycles. The molecule has 158 valence electrons. The molecule has 4 nitrogen and oxygen atoms in total. The van der Waals surface area contributed by atoms with Gasteiger partial charge in [0.15, 0.2) is 0 Å². The highest BCUT2D eigenvalue weighted by Crippen LogP contribution is 2.21. The van der Waals surface area contributed by atoms with Crippen molar-refractivity contribution in [3.05, 3.63) is 71.8 Å². The molecule has 0 saturated carbocycles. The van der Waals surface area contributed by atoms with Crippen LogP contribution in [0.1, 0.15) is 56.7 Å². The van der Waals surface area contributed by atoms with E-state index in [1.54, 1.807) is 7.11 Å². The van der Waals surface area contributed by atoms with Gasteiger partial charge in [0, 0.05) is 11.6 Å². The van der Waals surface area contributed by atoms with Crippen LogP contribution in [0.25, 0.3) is 5.70 Å². The van der Waals surface area contributed by atoms with E-state index in [0.717, 1.165) is 53.7 Å². The molecule has 2 rings (SSSR count). The lowest BCUT2D eigenvalue weighted by Gasteiger charge is -2.17. The van der Waals surface area contributed by atoms with E-state index >= 15 is 0 Å². The molecule has 2 aromatic carbocycles. The molecular formula is C26H32N2O2. The number of ether oxygens (including phenoxy) is 1. The van der Waals surface area contributed by atoms with E-state index in [2.05, 4.69) is 18.5 Å². The summed E-state index contributed by atoms with van der Waals surface area (Å²) in [5.41, 5.74) is 4.26. The van der Waals surface area contributed by atoms with Gasteiger partial charge in [-0.15, -0.1) is 0 Å². The fraction of sp³-hybridized carbons (Fsp3) is 0.346. The van der Waals surface area contributed by atoms with Gasteiger partial charge in [-0.05, 0) is 67.6 Å². The molecule has 0 aliphatic rings. The second kappa shape index (κ2) is 11.2. The van der Waals surface area contributed by atoms with Crippen LogP contribution < -0.4 is 4.74 Å². The predicted octanol–water partition coefficient (Wildman–Crippen LogP) is 6.04. The number of aldehydes is 1. The topological polar surface area (TPSA) is 51.0 Å². The quantitative estimate of drug-likeness (QED) is 0.338. The number of nitrogens with zero attached hydrogens (tertiary/aromatic N) is 2. The van der Waals surface area contributed by atoms with Crippen molar-refractivity contribution in [3.8, 4) is 5.75 Å². The van der Waals surface area contributed by atoms with Crippen LogP contribution in [0.15, 0.2) is 65.1 Å². The Morgan fingerprint density at radius 3 is 2.33 bits per heavy atom. The summed E-state index contributed by atoms with van der Waals surface area (Å²) < 4.78 is 5.19. The molecule has 0 unspecified atom stereocenters. The lowest BCUT2D eigenvalue weighted by molar-refractivity contribution is -0.111. The van der Waals surface area contributed by atoms with Gasteiger partial charge in [-0.2, -0.15) is 0 Å². The third kappa shape index (κ3) is 6.80. The van der Waals surface area contributed by atoms with Crippen molar-refractivity contribution in [1.82, 2.24) is 0 Å². The highest BCUT2D eigenvalue weighted by atomic mass is 16.5. The van der Waals surface area contributed by atoms with Gasteiger partial charge in [-0.3, -0.25) is 9.98 Å². The van der Waals surface area contributed by atoms with E-state index in [0.29, 0.717) is 12.2 Å². The van der Waals surface area contributed by atoms with E-state index in [1.165, 1.54) is 0 Å². The van der Waals surface area contributed by atoms with Crippen LogP contribution in [0, 0.1) is 0 Å². The van der Waals surface area contributed by atoms with Crippen LogP contribution in [0.2, 0.25) is 0 Å². The second-order valence-electron chi connectivity index (χ2n) is 7.88. The Balaban J connectivity index is 2.10. The van der Waals surface area contributed by atoms with E-state index < -0.39 is 5.41 Å². The number of hydrogen-bond acceptors (Lipinski definition) is 4. The van der Waals surface area contributed by atoms with Crippen LogP contribution in [0.3, 0.4) is 0 Å². The van der Waals surface area contributed by atoms with Crippen LogP contribution in [-0.2, 0) is 16.8 Å². The van der Waals surface area contributed by atoms with Crippen LogP contribution in [0.5, 0.6) is 5.75 Å². The van der Waals surface area contributed by atoms with Crippen molar-refractivity contribution in [2.45, 2.75) is 52.0 Å². The summed E-state index contributed by atoms with van der Waals surface area (Å²) in [6.07, 6.45) is 5.85. The fourth-order valence-electron chi connectivity index (χ4n) is 2.85. The van der Waals surface area contributed by atoms with Gasteiger partial charge in [0.1, 0.15) is 12.0 Å². The first-order valence-corrected chi connectivity index (χ1v) is 10.4. The molecule has 2 aromatic rings. The standard InChI is InChI=1S/C26H32N2O2/c1-6-7-8-24(18-27-20(2)22-11-15-25(30-5)16-12-22)28-17-21-9-13-23(14-10-21)26(3,4)19-29/h9-16,18-19H,2,6-8,17H2,1,3-5H3/b27-18-,28-24-. The minimum Gasteiger partial charge on any atom is -0.497 e. The zero-order chi connectivity index (χ0) is 22.0. The molecular weight excluding hydrogens is 372 g/mol. The predicted molar refractivity (Wildman–Crippen MR) is 127 cm³/mol. The first-order chi connectivity index (χ1) is 14.4. The van der Waals surface area contributed by atoms with Gasteiger partial charge in [0.05, 0.1) is 25.1 Å². The summed E-state index contributed by atoms with van der Waals surface area (Å²) in [6.45, 7) is 10.7. The van der Waals surface area contributed by atoms with Crippen molar-refractivity contribution in [1.29, 1.82) is 0 Å². The Morgan fingerprint density at radius 2 is 1.77 bits per heavy atom. The van der Waals surface area contributed by atoms with E-state index in [9.17, 15) is 4.79 Å². The second-order valence-corrected chi connectivity index (χ2v) is 7.88. The van der Waals surface area contributed by atoms with Crippen molar-refractivity contribution < 1.29 is 9.53 Å². The number of unbranched alkanes of at least 4 members (excludes halogenated alkanes) is 1. The van der Waals surface area contributed by atoms with E-state index in [1.807, 2.05) is 68.6 Å². The normalized spacial score (nSPS) is 12.2.